The number of benzene rings is 2. The van der Waals surface area contributed by atoms with Crippen LogP contribution in [0.4, 0.5) is 0 Å². The number of aryl methyl sites for hydroxylation is 2. The summed E-state index contributed by atoms with van der Waals surface area (Å²) in [5.41, 5.74) is 2.43. The van der Waals surface area contributed by atoms with E-state index < -0.39 is 12.1 Å². The second-order valence-corrected chi connectivity index (χ2v) is 7.00. The fourth-order valence-corrected chi connectivity index (χ4v) is 2.86. The molecule has 0 aliphatic heterocycles. The van der Waals surface area contributed by atoms with Crippen molar-refractivity contribution in [3.63, 3.8) is 0 Å². The normalized spacial score (nSPS) is 11.8. The van der Waals surface area contributed by atoms with Crippen molar-refractivity contribution >= 4 is 23.4 Å². The molecule has 1 aromatic heterocycles. The molecule has 29 heavy (non-hydrogen) atoms. The standard InChI is InChI=1S/C22H21ClN2O4/c1-3-15-4-6-16(7-5-15)21(27)14(2)28-20(26)13-12-19-24-22(25-29-19)17-8-10-18(23)11-9-17/h4-11,14H,3,12-13H2,1-2H3. The molecular weight excluding hydrogens is 392 g/mol. The lowest BCUT2D eigenvalue weighted by Crippen LogP contribution is -2.24. The molecule has 7 heteroatoms. The lowest BCUT2D eigenvalue weighted by Gasteiger charge is -2.12. The number of halogens is 1. The van der Waals surface area contributed by atoms with Gasteiger partial charge in [0.05, 0.1) is 6.42 Å². The summed E-state index contributed by atoms with van der Waals surface area (Å²) in [6, 6.07) is 14.3. The van der Waals surface area contributed by atoms with E-state index >= 15 is 0 Å². The molecule has 0 fully saturated rings. The molecule has 0 saturated heterocycles. The zero-order valence-corrected chi connectivity index (χ0v) is 17.0. The van der Waals surface area contributed by atoms with Crippen molar-refractivity contribution < 1.29 is 18.8 Å². The van der Waals surface area contributed by atoms with Gasteiger partial charge in [0.1, 0.15) is 0 Å². The number of carbonyl (C=O) groups is 2. The molecule has 0 aliphatic carbocycles. The molecule has 0 saturated carbocycles. The van der Waals surface area contributed by atoms with E-state index in [1.807, 2.05) is 19.1 Å². The average molecular weight is 413 g/mol. The number of carbonyl (C=O) groups excluding carboxylic acids is 2. The molecular formula is C22H21ClN2O4. The Hall–Kier alpha value is -2.99. The molecule has 3 rings (SSSR count). The number of rotatable bonds is 8. The molecule has 1 unspecified atom stereocenters. The third-order valence-electron chi connectivity index (χ3n) is 4.44. The van der Waals surface area contributed by atoms with Gasteiger partial charge in [0, 0.05) is 22.6 Å². The number of Topliss-reactive ketones (excluding diaryl/α,β-unsaturated/α-hetero) is 1. The van der Waals surface area contributed by atoms with Gasteiger partial charge in [-0.15, -0.1) is 0 Å². The van der Waals surface area contributed by atoms with Crippen molar-refractivity contribution in [1.82, 2.24) is 10.1 Å². The Labute approximate surface area is 173 Å². The minimum atomic E-state index is -0.859. The van der Waals surface area contributed by atoms with Gasteiger partial charge in [-0.3, -0.25) is 9.59 Å². The molecule has 2 aromatic carbocycles. The first-order valence-corrected chi connectivity index (χ1v) is 9.75. The predicted octanol–water partition coefficient (Wildman–Crippen LogP) is 4.70. The van der Waals surface area contributed by atoms with E-state index in [1.54, 1.807) is 43.3 Å². The van der Waals surface area contributed by atoms with Crippen LogP contribution in [0, 0.1) is 0 Å². The van der Waals surface area contributed by atoms with Gasteiger partial charge in [0.2, 0.25) is 17.5 Å². The van der Waals surface area contributed by atoms with Crippen LogP contribution in [0.15, 0.2) is 53.1 Å². The van der Waals surface area contributed by atoms with Crippen molar-refractivity contribution in [2.75, 3.05) is 0 Å². The summed E-state index contributed by atoms with van der Waals surface area (Å²) in [7, 11) is 0. The van der Waals surface area contributed by atoms with Gasteiger partial charge in [0.25, 0.3) is 0 Å². The van der Waals surface area contributed by atoms with Gasteiger partial charge in [-0.1, -0.05) is 47.9 Å². The number of aromatic nitrogens is 2. The SMILES string of the molecule is CCc1ccc(C(=O)C(C)OC(=O)CCc2nc(-c3ccc(Cl)cc3)no2)cc1. The minimum absolute atomic E-state index is 0.0364. The third kappa shape index (κ3) is 5.51. The first-order valence-electron chi connectivity index (χ1n) is 9.37. The van der Waals surface area contributed by atoms with E-state index in [1.165, 1.54) is 0 Å². The zero-order chi connectivity index (χ0) is 20.8. The summed E-state index contributed by atoms with van der Waals surface area (Å²) in [5.74, 6) is 0.0104. The number of hydrogen-bond acceptors (Lipinski definition) is 6. The lowest BCUT2D eigenvalue weighted by molar-refractivity contribution is -0.146. The Balaban J connectivity index is 1.51. The highest BCUT2D eigenvalue weighted by Gasteiger charge is 2.20. The van der Waals surface area contributed by atoms with E-state index in [2.05, 4.69) is 10.1 Å². The summed E-state index contributed by atoms with van der Waals surface area (Å²) >= 11 is 5.87. The maximum Gasteiger partial charge on any atom is 0.307 e. The van der Waals surface area contributed by atoms with E-state index in [9.17, 15) is 9.59 Å². The molecule has 0 bridgehead atoms. The molecule has 6 nitrogen and oxygen atoms in total. The van der Waals surface area contributed by atoms with Gasteiger partial charge in [0.15, 0.2) is 6.10 Å². The highest BCUT2D eigenvalue weighted by atomic mass is 35.5. The summed E-state index contributed by atoms with van der Waals surface area (Å²) in [6.45, 7) is 3.61. The summed E-state index contributed by atoms with van der Waals surface area (Å²) < 4.78 is 10.4. The van der Waals surface area contributed by atoms with Crippen LogP contribution in [-0.4, -0.2) is 28.0 Å². The maximum absolute atomic E-state index is 12.4. The van der Waals surface area contributed by atoms with E-state index in [0.717, 1.165) is 17.5 Å². The number of hydrogen-bond donors (Lipinski definition) is 0. The maximum atomic E-state index is 12.4. The average Bonchev–Trinajstić information content (AvgIpc) is 3.21. The molecule has 3 aromatic rings. The van der Waals surface area contributed by atoms with Gasteiger partial charge in [-0.05, 0) is 43.2 Å². The van der Waals surface area contributed by atoms with Crippen LogP contribution in [0.3, 0.4) is 0 Å². The number of nitrogens with zero attached hydrogens (tertiary/aromatic N) is 2. The second-order valence-electron chi connectivity index (χ2n) is 6.57. The van der Waals surface area contributed by atoms with Gasteiger partial charge in [-0.2, -0.15) is 4.98 Å². The Morgan fingerprint density at radius 1 is 1.10 bits per heavy atom. The Morgan fingerprint density at radius 2 is 1.79 bits per heavy atom. The van der Waals surface area contributed by atoms with E-state index in [4.69, 9.17) is 20.9 Å². The van der Waals surface area contributed by atoms with Gasteiger partial charge in [-0.25, -0.2) is 0 Å². The van der Waals surface area contributed by atoms with Crippen LogP contribution in [0.1, 0.15) is 42.1 Å². The van der Waals surface area contributed by atoms with Crippen molar-refractivity contribution in [3.8, 4) is 11.4 Å². The van der Waals surface area contributed by atoms with E-state index in [0.29, 0.717) is 22.3 Å². The zero-order valence-electron chi connectivity index (χ0n) is 16.2. The minimum Gasteiger partial charge on any atom is -0.454 e. The highest BCUT2D eigenvalue weighted by Crippen LogP contribution is 2.19. The monoisotopic (exact) mass is 412 g/mol. The van der Waals surface area contributed by atoms with Crippen LogP contribution in [0.5, 0.6) is 0 Å². The van der Waals surface area contributed by atoms with Crippen LogP contribution >= 0.6 is 11.6 Å². The lowest BCUT2D eigenvalue weighted by atomic mass is 10.0. The molecule has 0 N–H and O–H groups in total. The predicted molar refractivity (Wildman–Crippen MR) is 109 cm³/mol. The summed E-state index contributed by atoms with van der Waals surface area (Å²) in [5, 5.41) is 4.52. The van der Waals surface area contributed by atoms with Crippen molar-refractivity contribution in [2.45, 2.75) is 39.2 Å². The quantitative estimate of drug-likeness (QED) is 0.394. The van der Waals surface area contributed by atoms with Crippen molar-refractivity contribution in [3.05, 3.63) is 70.6 Å². The Kier molecular flexibility index (Phi) is 6.77. The van der Waals surface area contributed by atoms with Gasteiger partial charge < -0.3 is 9.26 Å². The number of ether oxygens (including phenoxy) is 1. The molecule has 0 radical (unpaired) electrons. The first-order chi connectivity index (χ1) is 14.0. The molecule has 1 heterocycles. The molecule has 0 spiro atoms. The molecule has 0 amide bonds. The van der Waals surface area contributed by atoms with Crippen LogP contribution in [0.25, 0.3) is 11.4 Å². The number of esters is 1. The third-order valence-corrected chi connectivity index (χ3v) is 4.69. The summed E-state index contributed by atoms with van der Waals surface area (Å²) in [4.78, 5) is 28.8. The fraction of sp³-hybridized carbons (Fsp3) is 0.273. The molecule has 0 aliphatic rings. The van der Waals surface area contributed by atoms with E-state index in [-0.39, 0.29) is 18.6 Å². The largest absolute Gasteiger partial charge is 0.454 e. The van der Waals surface area contributed by atoms with Crippen LogP contribution in [-0.2, 0) is 22.4 Å². The summed E-state index contributed by atoms with van der Waals surface area (Å²) in [6.07, 6.45) is 0.302. The molecule has 150 valence electrons. The number of ketones is 1. The second kappa shape index (κ2) is 9.47. The van der Waals surface area contributed by atoms with Crippen molar-refractivity contribution in [2.24, 2.45) is 0 Å². The Bertz CT molecular complexity index is 981. The highest BCUT2D eigenvalue weighted by molar-refractivity contribution is 6.30. The first kappa shape index (κ1) is 20.7. The van der Waals surface area contributed by atoms with Crippen LogP contribution in [0.2, 0.25) is 5.02 Å². The van der Waals surface area contributed by atoms with Gasteiger partial charge >= 0.3 is 5.97 Å². The van der Waals surface area contributed by atoms with Crippen molar-refractivity contribution in [1.29, 1.82) is 0 Å². The fourth-order valence-electron chi connectivity index (χ4n) is 2.73. The molecule has 1 atom stereocenters. The van der Waals surface area contributed by atoms with Crippen LogP contribution < -0.4 is 0 Å². The Morgan fingerprint density at radius 3 is 2.45 bits per heavy atom. The smallest absolute Gasteiger partial charge is 0.307 e. The topological polar surface area (TPSA) is 82.3 Å².